The standard InChI is InChI=1S/C14H28N4/c1-5-16-14(2,12-15)8-11-18(4)13-6-9-17(3)10-7-13/h13,16H,5-11H2,1-4H3. The van der Waals surface area contributed by atoms with Crippen LogP contribution in [-0.2, 0) is 0 Å². The summed E-state index contributed by atoms with van der Waals surface area (Å²) in [6.07, 6.45) is 3.38. The molecule has 1 fully saturated rings. The van der Waals surface area contributed by atoms with Crippen LogP contribution in [0.2, 0.25) is 0 Å². The number of hydrogen-bond donors (Lipinski definition) is 1. The second kappa shape index (κ2) is 7.08. The number of piperidine rings is 1. The fourth-order valence-electron chi connectivity index (χ4n) is 2.59. The highest BCUT2D eigenvalue weighted by atomic mass is 15.2. The van der Waals surface area contributed by atoms with E-state index in [2.05, 4.69) is 42.2 Å². The topological polar surface area (TPSA) is 42.3 Å². The lowest BCUT2D eigenvalue weighted by Crippen LogP contribution is -2.46. The van der Waals surface area contributed by atoms with Gasteiger partial charge in [0.1, 0.15) is 5.54 Å². The van der Waals surface area contributed by atoms with Gasteiger partial charge < -0.3 is 9.80 Å². The van der Waals surface area contributed by atoms with Crippen LogP contribution in [0.3, 0.4) is 0 Å². The van der Waals surface area contributed by atoms with Crippen LogP contribution in [0.4, 0.5) is 0 Å². The van der Waals surface area contributed by atoms with Crippen LogP contribution < -0.4 is 5.32 Å². The summed E-state index contributed by atoms with van der Waals surface area (Å²) in [4.78, 5) is 4.82. The minimum atomic E-state index is -0.380. The average Bonchev–Trinajstić information content (AvgIpc) is 2.37. The Kier molecular flexibility index (Phi) is 6.07. The number of likely N-dealkylation sites (tertiary alicyclic amines) is 1. The smallest absolute Gasteiger partial charge is 0.105 e. The summed E-state index contributed by atoms with van der Waals surface area (Å²) >= 11 is 0. The van der Waals surface area contributed by atoms with Crippen molar-refractivity contribution >= 4 is 0 Å². The molecule has 1 saturated heterocycles. The molecule has 1 rings (SSSR count). The van der Waals surface area contributed by atoms with Crippen molar-refractivity contribution in [1.29, 1.82) is 5.26 Å². The molecular formula is C14H28N4. The average molecular weight is 252 g/mol. The number of hydrogen-bond acceptors (Lipinski definition) is 4. The maximum Gasteiger partial charge on any atom is 0.105 e. The normalized spacial score (nSPS) is 21.8. The highest BCUT2D eigenvalue weighted by Gasteiger charge is 2.25. The molecule has 1 unspecified atom stereocenters. The second-order valence-corrected chi connectivity index (χ2v) is 5.74. The van der Waals surface area contributed by atoms with E-state index in [-0.39, 0.29) is 5.54 Å². The number of nitriles is 1. The summed E-state index contributed by atoms with van der Waals surface area (Å²) < 4.78 is 0. The molecule has 1 aliphatic rings. The van der Waals surface area contributed by atoms with Crippen LogP contribution in [-0.4, -0.2) is 61.7 Å². The van der Waals surface area contributed by atoms with Crippen LogP contribution in [0.15, 0.2) is 0 Å². The Bertz CT molecular complexity index is 278. The maximum absolute atomic E-state index is 9.24. The number of nitrogens with zero attached hydrogens (tertiary/aromatic N) is 3. The van der Waals surface area contributed by atoms with E-state index in [1.807, 2.05) is 6.92 Å². The zero-order chi connectivity index (χ0) is 13.6. The van der Waals surface area contributed by atoms with E-state index >= 15 is 0 Å². The van der Waals surface area contributed by atoms with E-state index in [1.54, 1.807) is 0 Å². The largest absolute Gasteiger partial charge is 0.306 e. The molecule has 1 aliphatic heterocycles. The molecular weight excluding hydrogens is 224 g/mol. The molecule has 0 aliphatic carbocycles. The molecule has 4 heteroatoms. The molecule has 0 saturated carbocycles. The van der Waals surface area contributed by atoms with Gasteiger partial charge >= 0.3 is 0 Å². The Labute approximate surface area is 112 Å². The van der Waals surface area contributed by atoms with Gasteiger partial charge in [-0.05, 0) is 59.9 Å². The lowest BCUT2D eigenvalue weighted by atomic mass is 9.98. The quantitative estimate of drug-likeness (QED) is 0.773. The Morgan fingerprint density at radius 2 is 2.06 bits per heavy atom. The molecule has 0 bridgehead atoms. The SMILES string of the molecule is CCNC(C)(C#N)CCN(C)C1CCN(C)CC1. The molecule has 0 spiro atoms. The fourth-order valence-corrected chi connectivity index (χ4v) is 2.59. The van der Waals surface area contributed by atoms with Gasteiger partial charge in [-0.1, -0.05) is 6.92 Å². The lowest BCUT2D eigenvalue weighted by molar-refractivity contribution is 0.137. The first-order chi connectivity index (χ1) is 8.50. The lowest BCUT2D eigenvalue weighted by Gasteiger charge is -2.36. The van der Waals surface area contributed by atoms with Gasteiger partial charge in [0, 0.05) is 12.6 Å². The summed E-state index contributed by atoms with van der Waals surface area (Å²) in [6, 6.07) is 3.08. The molecule has 1 N–H and O–H groups in total. The Morgan fingerprint density at radius 3 is 2.56 bits per heavy atom. The van der Waals surface area contributed by atoms with Crippen molar-refractivity contribution in [3.63, 3.8) is 0 Å². The minimum absolute atomic E-state index is 0.380. The van der Waals surface area contributed by atoms with Gasteiger partial charge in [0.2, 0.25) is 0 Å². The van der Waals surface area contributed by atoms with Gasteiger partial charge in [0.25, 0.3) is 0 Å². The van der Waals surface area contributed by atoms with E-state index in [0.29, 0.717) is 6.04 Å². The van der Waals surface area contributed by atoms with Crippen molar-refractivity contribution in [1.82, 2.24) is 15.1 Å². The van der Waals surface area contributed by atoms with Gasteiger partial charge in [-0.25, -0.2) is 0 Å². The van der Waals surface area contributed by atoms with Crippen LogP contribution >= 0.6 is 0 Å². The summed E-state index contributed by atoms with van der Waals surface area (Å²) in [6.45, 7) is 8.28. The predicted molar refractivity (Wildman–Crippen MR) is 75.5 cm³/mol. The van der Waals surface area contributed by atoms with Gasteiger partial charge in [0.15, 0.2) is 0 Å². The first-order valence-corrected chi connectivity index (χ1v) is 7.06. The zero-order valence-electron chi connectivity index (χ0n) is 12.4. The molecule has 0 aromatic rings. The number of nitrogens with one attached hydrogen (secondary N) is 1. The summed E-state index contributed by atoms with van der Waals surface area (Å²) in [5.41, 5.74) is -0.380. The molecule has 1 atom stereocenters. The highest BCUT2D eigenvalue weighted by molar-refractivity contribution is 5.03. The van der Waals surface area contributed by atoms with Crippen LogP contribution in [0.1, 0.15) is 33.1 Å². The summed E-state index contributed by atoms with van der Waals surface area (Å²) in [5.74, 6) is 0. The molecule has 1 heterocycles. The molecule has 0 radical (unpaired) electrons. The van der Waals surface area contributed by atoms with Gasteiger partial charge in [0.05, 0.1) is 6.07 Å². The van der Waals surface area contributed by atoms with E-state index in [4.69, 9.17) is 0 Å². The molecule has 0 amide bonds. The van der Waals surface area contributed by atoms with Gasteiger partial charge in [-0.2, -0.15) is 5.26 Å². The van der Waals surface area contributed by atoms with Crippen LogP contribution in [0.25, 0.3) is 0 Å². The van der Waals surface area contributed by atoms with Crippen molar-refractivity contribution in [3.8, 4) is 6.07 Å². The fraction of sp³-hybridized carbons (Fsp3) is 0.929. The first-order valence-electron chi connectivity index (χ1n) is 7.06. The molecule has 18 heavy (non-hydrogen) atoms. The maximum atomic E-state index is 9.24. The summed E-state index contributed by atoms with van der Waals surface area (Å²) in [5, 5.41) is 12.5. The van der Waals surface area contributed by atoms with E-state index in [0.717, 1.165) is 19.5 Å². The van der Waals surface area contributed by atoms with Crippen molar-refractivity contribution in [2.75, 3.05) is 40.3 Å². The minimum Gasteiger partial charge on any atom is -0.306 e. The van der Waals surface area contributed by atoms with Gasteiger partial charge in [-0.3, -0.25) is 5.32 Å². The number of rotatable bonds is 6. The monoisotopic (exact) mass is 252 g/mol. The molecule has 0 aromatic carbocycles. The second-order valence-electron chi connectivity index (χ2n) is 5.74. The van der Waals surface area contributed by atoms with E-state index in [1.165, 1.54) is 25.9 Å². The first kappa shape index (κ1) is 15.4. The third-order valence-corrected chi connectivity index (χ3v) is 4.09. The Hall–Kier alpha value is -0.630. The third-order valence-electron chi connectivity index (χ3n) is 4.09. The third kappa shape index (κ3) is 4.56. The zero-order valence-corrected chi connectivity index (χ0v) is 12.4. The molecule has 0 aromatic heterocycles. The van der Waals surface area contributed by atoms with E-state index in [9.17, 15) is 5.26 Å². The van der Waals surface area contributed by atoms with Gasteiger partial charge in [-0.15, -0.1) is 0 Å². The molecule has 104 valence electrons. The van der Waals surface area contributed by atoms with Crippen molar-refractivity contribution in [2.24, 2.45) is 0 Å². The van der Waals surface area contributed by atoms with Crippen LogP contribution in [0, 0.1) is 11.3 Å². The predicted octanol–water partition coefficient (Wildman–Crippen LogP) is 1.29. The van der Waals surface area contributed by atoms with Crippen molar-refractivity contribution in [2.45, 2.75) is 44.7 Å². The van der Waals surface area contributed by atoms with E-state index < -0.39 is 0 Å². The molecule has 4 nitrogen and oxygen atoms in total. The Morgan fingerprint density at radius 1 is 1.44 bits per heavy atom. The summed E-state index contributed by atoms with van der Waals surface area (Å²) in [7, 11) is 4.38. The highest BCUT2D eigenvalue weighted by Crippen LogP contribution is 2.16. The Balaban J connectivity index is 2.36. The van der Waals surface area contributed by atoms with Crippen molar-refractivity contribution in [3.05, 3.63) is 0 Å². The van der Waals surface area contributed by atoms with Crippen LogP contribution in [0.5, 0.6) is 0 Å². The van der Waals surface area contributed by atoms with Crippen molar-refractivity contribution < 1.29 is 0 Å².